The Balaban J connectivity index is 1.70. The van der Waals surface area contributed by atoms with Crippen molar-refractivity contribution in [3.63, 3.8) is 0 Å². The van der Waals surface area contributed by atoms with Crippen molar-refractivity contribution in [1.29, 1.82) is 0 Å². The van der Waals surface area contributed by atoms with Crippen molar-refractivity contribution in [2.45, 2.75) is 37.8 Å². The molecule has 1 saturated carbocycles. The van der Waals surface area contributed by atoms with Crippen molar-refractivity contribution < 1.29 is 9.84 Å². The van der Waals surface area contributed by atoms with E-state index < -0.39 is 0 Å². The molecule has 3 rings (SSSR count). The van der Waals surface area contributed by atoms with Crippen LogP contribution >= 0.6 is 0 Å². The van der Waals surface area contributed by atoms with Crippen molar-refractivity contribution >= 4 is 0 Å². The third-order valence-corrected chi connectivity index (χ3v) is 3.55. The lowest BCUT2D eigenvalue weighted by Gasteiger charge is -2.34. The van der Waals surface area contributed by atoms with Crippen molar-refractivity contribution in [3.8, 4) is 11.5 Å². The summed E-state index contributed by atoms with van der Waals surface area (Å²) in [7, 11) is 0. The minimum absolute atomic E-state index is 0.264. The second kappa shape index (κ2) is 3.98. The molecule has 0 amide bonds. The summed E-state index contributed by atoms with van der Waals surface area (Å²) in [6, 6.07) is 6.68. The summed E-state index contributed by atoms with van der Waals surface area (Å²) in [5, 5.41) is 13.2. The molecule has 16 heavy (non-hydrogen) atoms. The molecule has 0 saturated heterocycles. The number of benzene rings is 1. The fraction of sp³-hybridized carbons (Fsp3) is 0.538. The van der Waals surface area contributed by atoms with Gasteiger partial charge in [-0.1, -0.05) is 18.6 Å². The number of ether oxygens (including phenoxy) is 1. The highest BCUT2D eigenvalue weighted by molar-refractivity contribution is 5.47. The van der Waals surface area contributed by atoms with Crippen LogP contribution in [0, 0.1) is 0 Å². The monoisotopic (exact) mass is 219 g/mol. The summed E-state index contributed by atoms with van der Waals surface area (Å²) < 4.78 is 5.62. The maximum atomic E-state index is 9.64. The summed E-state index contributed by atoms with van der Waals surface area (Å²) in [5.74, 6) is 0.939. The first-order chi connectivity index (χ1) is 7.83. The summed E-state index contributed by atoms with van der Waals surface area (Å²) in [6.45, 7) is 0.668. The van der Waals surface area contributed by atoms with Gasteiger partial charge in [-0.3, -0.25) is 0 Å². The van der Waals surface area contributed by atoms with E-state index in [9.17, 15) is 5.11 Å². The number of hydrogen-bond donors (Lipinski definition) is 2. The Bertz CT molecular complexity index is 388. The van der Waals surface area contributed by atoms with E-state index in [0.29, 0.717) is 24.4 Å². The van der Waals surface area contributed by atoms with Gasteiger partial charge in [0.2, 0.25) is 0 Å². The van der Waals surface area contributed by atoms with Gasteiger partial charge in [-0.2, -0.15) is 0 Å². The number of phenols is 1. The van der Waals surface area contributed by atoms with Crippen LogP contribution in [0.3, 0.4) is 0 Å². The molecule has 86 valence electrons. The zero-order valence-electron chi connectivity index (χ0n) is 9.28. The minimum atomic E-state index is 0.264. The Hall–Kier alpha value is -1.22. The highest BCUT2D eigenvalue weighted by atomic mass is 16.5. The Morgan fingerprint density at radius 2 is 2.12 bits per heavy atom. The molecule has 3 heteroatoms. The summed E-state index contributed by atoms with van der Waals surface area (Å²) in [4.78, 5) is 0. The van der Waals surface area contributed by atoms with Gasteiger partial charge < -0.3 is 15.2 Å². The van der Waals surface area contributed by atoms with E-state index in [-0.39, 0.29) is 5.75 Å². The number of fused-ring (bicyclic) bond motifs is 1. The standard InChI is InChI=1S/C13H17NO2/c15-12-6-1-3-9-7-11(8-16-13(9)12)14-10-4-2-5-10/h1,3,6,10-11,14-15H,2,4-5,7-8H2. The Labute approximate surface area is 95.4 Å². The van der Waals surface area contributed by atoms with Gasteiger partial charge >= 0.3 is 0 Å². The molecule has 2 N–H and O–H groups in total. The Morgan fingerprint density at radius 1 is 1.25 bits per heavy atom. The molecule has 2 aliphatic rings. The second-order valence-electron chi connectivity index (χ2n) is 4.77. The number of hydrogen-bond acceptors (Lipinski definition) is 3. The molecule has 1 aromatic carbocycles. The normalized spacial score (nSPS) is 24.4. The molecule has 1 heterocycles. The van der Waals surface area contributed by atoms with Crippen LogP contribution in [0.5, 0.6) is 11.5 Å². The van der Waals surface area contributed by atoms with Gasteiger partial charge in [0.25, 0.3) is 0 Å². The van der Waals surface area contributed by atoms with Gasteiger partial charge in [0.05, 0.1) is 0 Å². The molecular formula is C13H17NO2. The fourth-order valence-electron chi connectivity index (χ4n) is 2.42. The molecule has 0 radical (unpaired) electrons. The maximum Gasteiger partial charge on any atom is 0.164 e. The Morgan fingerprint density at radius 3 is 2.88 bits per heavy atom. The SMILES string of the molecule is Oc1cccc2c1OCC(NC1CCC1)C2. The van der Waals surface area contributed by atoms with E-state index in [2.05, 4.69) is 5.32 Å². The third-order valence-electron chi connectivity index (χ3n) is 3.55. The molecule has 1 aliphatic carbocycles. The first kappa shape index (κ1) is 9.97. The molecule has 1 fully saturated rings. The average molecular weight is 219 g/mol. The third kappa shape index (κ3) is 1.76. The van der Waals surface area contributed by atoms with Gasteiger partial charge in [0.1, 0.15) is 6.61 Å². The zero-order valence-corrected chi connectivity index (χ0v) is 9.28. The largest absolute Gasteiger partial charge is 0.504 e. The van der Waals surface area contributed by atoms with Crippen LogP contribution in [0.25, 0.3) is 0 Å². The highest BCUT2D eigenvalue weighted by Crippen LogP contribution is 2.34. The van der Waals surface area contributed by atoms with Crippen LogP contribution in [-0.2, 0) is 6.42 Å². The topological polar surface area (TPSA) is 41.5 Å². The van der Waals surface area contributed by atoms with Crippen LogP contribution in [0.2, 0.25) is 0 Å². The fourth-order valence-corrected chi connectivity index (χ4v) is 2.42. The van der Waals surface area contributed by atoms with E-state index in [1.807, 2.05) is 12.1 Å². The first-order valence-corrected chi connectivity index (χ1v) is 6.02. The molecule has 3 nitrogen and oxygen atoms in total. The molecule has 0 spiro atoms. The van der Waals surface area contributed by atoms with Crippen LogP contribution < -0.4 is 10.1 Å². The summed E-state index contributed by atoms with van der Waals surface area (Å²) in [6.07, 6.45) is 4.90. The number of rotatable bonds is 2. The molecule has 1 aromatic rings. The summed E-state index contributed by atoms with van der Waals surface area (Å²) >= 11 is 0. The van der Waals surface area contributed by atoms with Crippen molar-refractivity contribution in [1.82, 2.24) is 5.32 Å². The Kier molecular flexibility index (Phi) is 2.48. The predicted octanol–water partition coefficient (Wildman–Crippen LogP) is 1.84. The molecule has 0 aromatic heterocycles. The predicted molar refractivity (Wildman–Crippen MR) is 61.9 cm³/mol. The lowest BCUT2D eigenvalue weighted by atomic mass is 9.91. The highest BCUT2D eigenvalue weighted by Gasteiger charge is 2.26. The van der Waals surface area contributed by atoms with E-state index in [4.69, 9.17) is 4.74 Å². The van der Waals surface area contributed by atoms with Crippen molar-refractivity contribution in [2.24, 2.45) is 0 Å². The smallest absolute Gasteiger partial charge is 0.164 e. The average Bonchev–Trinajstić information content (AvgIpc) is 2.24. The van der Waals surface area contributed by atoms with Crippen molar-refractivity contribution in [3.05, 3.63) is 23.8 Å². The van der Waals surface area contributed by atoms with Gasteiger partial charge in [-0.05, 0) is 30.9 Å². The quantitative estimate of drug-likeness (QED) is 0.797. The maximum absolute atomic E-state index is 9.64. The van der Waals surface area contributed by atoms with E-state index >= 15 is 0 Å². The number of nitrogens with one attached hydrogen (secondary N) is 1. The molecule has 1 unspecified atom stereocenters. The first-order valence-electron chi connectivity index (χ1n) is 6.02. The van der Waals surface area contributed by atoms with Gasteiger partial charge in [0, 0.05) is 12.1 Å². The number of para-hydroxylation sites is 1. The van der Waals surface area contributed by atoms with Gasteiger partial charge in [0.15, 0.2) is 11.5 Å². The zero-order chi connectivity index (χ0) is 11.0. The van der Waals surface area contributed by atoms with E-state index in [0.717, 1.165) is 12.0 Å². The van der Waals surface area contributed by atoms with E-state index in [1.165, 1.54) is 19.3 Å². The summed E-state index contributed by atoms with van der Waals surface area (Å²) in [5.41, 5.74) is 1.11. The number of phenolic OH excluding ortho intramolecular Hbond substituents is 1. The minimum Gasteiger partial charge on any atom is -0.504 e. The lowest BCUT2D eigenvalue weighted by molar-refractivity contribution is 0.198. The van der Waals surface area contributed by atoms with Crippen molar-refractivity contribution in [2.75, 3.05) is 6.61 Å². The molecule has 1 atom stereocenters. The lowest BCUT2D eigenvalue weighted by Crippen LogP contribution is -2.47. The molecular weight excluding hydrogens is 202 g/mol. The van der Waals surface area contributed by atoms with Gasteiger partial charge in [-0.25, -0.2) is 0 Å². The van der Waals surface area contributed by atoms with Gasteiger partial charge in [-0.15, -0.1) is 0 Å². The number of aromatic hydroxyl groups is 1. The van der Waals surface area contributed by atoms with Crippen LogP contribution in [0.15, 0.2) is 18.2 Å². The molecule has 1 aliphatic heterocycles. The van der Waals surface area contributed by atoms with Crippen LogP contribution in [0.1, 0.15) is 24.8 Å². The molecule has 0 bridgehead atoms. The van der Waals surface area contributed by atoms with E-state index in [1.54, 1.807) is 6.07 Å². The van der Waals surface area contributed by atoms with Crippen LogP contribution in [-0.4, -0.2) is 23.8 Å². The van der Waals surface area contributed by atoms with Crippen LogP contribution in [0.4, 0.5) is 0 Å². The second-order valence-corrected chi connectivity index (χ2v) is 4.77.